The zero-order valence-corrected chi connectivity index (χ0v) is 8.04. The first-order chi connectivity index (χ1) is 5.63. The lowest BCUT2D eigenvalue weighted by Crippen LogP contribution is -2.32. The van der Waals surface area contributed by atoms with Gasteiger partial charge in [-0.05, 0) is 6.92 Å². The molecule has 0 aliphatic carbocycles. The summed E-state index contributed by atoms with van der Waals surface area (Å²) < 4.78 is 0. The molecule has 12 heavy (non-hydrogen) atoms. The number of urea groups is 1. The van der Waals surface area contributed by atoms with Gasteiger partial charge in [-0.15, -0.1) is 0 Å². The van der Waals surface area contributed by atoms with E-state index in [9.17, 15) is 9.59 Å². The molecule has 0 aromatic heterocycles. The molecule has 1 aliphatic rings. The van der Waals surface area contributed by atoms with Gasteiger partial charge in [-0.3, -0.25) is 9.69 Å². The molecule has 0 N–H and O–H groups in total. The van der Waals surface area contributed by atoms with Crippen LogP contribution < -0.4 is 0 Å². The zero-order chi connectivity index (χ0) is 9.30. The summed E-state index contributed by atoms with van der Waals surface area (Å²) in [5.41, 5.74) is 0. The van der Waals surface area contributed by atoms with Crippen LogP contribution in [-0.4, -0.2) is 47.1 Å². The van der Waals surface area contributed by atoms with Gasteiger partial charge in [-0.1, -0.05) is 0 Å². The molecule has 1 unspecified atom stereocenters. The van der Waals surface area contributed by atoms with Crippen molar-refractivity contribution in [2.24, 2.45) is 0 Å². The van der Waals surface area contributed by atoms with Crippen LogP contribution in [0.4, 0.5) is 4.79 Å². The number of hydrogen-bond acceptors (Lipinski definition) is 3. The van der Waals surface area contributed by atoms with Crippen LogP contribution in [0.5, 0.6) is 0 Å². The van der Waals surface area contributed by atoms with E-state index in [4.69, 9.17) is 0 Å². The minimum atomic E-state index is -0.374. The lowest BCUT2D eigenvalue weighted by atomic mass is 10.3. The summed E-state index contributed by atoms with van der Waals surface area (Å²) in [6.45, 7) is 2.22. The van der Waals surface area contributed by atoms with Gasteiger partial charge in [-0.2, -0.15) is 12.6 Å². The van der Waals surface area contributed by atoms with E-state index in [0.717, 1.165) is 0 Å². The van der Waals surface area contributed by atoms with Gasteiger partial charge in [0.05, 0.1) is 0 Å². The summed E-state index contributed by atoms with van der Waals surface area (Å²) in [6, 6.07) is -0.595. The van der Waals surface area contributed by atoms with Crippen molar-refractivity contribution in [3.63, 3.8) is 0 Å². The van der Waals surface area contributed by atoms with Crippen LogP contribution >= 0.6 is 12.6 Å². The fourth-order valence-corrected chi connectivity index (χ4v) is 1.66. The second-order valence-electron chi connectivity index (χ2n) is 2.67. The van der Waals surface area contributed by atoms with Crippen LogP contribution in [-0.2, 0) is 4.79 Å². The molecule has 1 saturated heterocycles. The Morgan fingerprint density at radius 1 is 1.50 bits per heavy atom. The Labute approximate surface area is 76.9 Å². The van der Waals surface area contributed by atoms with Gasteiger partial charge >= 0.3 is 6.03 Å². The van der Waals surface area contributed by atoms with Crippen molar-refractivity contribution in [3.05, 3.63) is 0 Å². The van der Waals surface area contributed by atoms with Crippen molar-refractivity contribution in [1.29, 1.82) is 0 Å². The van der Waals surface area contributed by atoms with Gasteiger partial charge in [0.15, 0.2) is 0 Å². The summed E-state index contributed by atoms with van der Waals surface area (Å²) in [6.07, 6.45) is 0. The largest absolute Gasteiger partial charge is 0.327 e. The summed E-state index contributed by atoms with van der Waals surface area (Å²) in [5, 5.41) is 0. The average Bonchev–Trinajstić information content (AvgIpc) is 2.25. The SMILES string of the molecule is CCN1C(=O)C(CS)N(C)C1=O. The minimum Gasteiger partial charge on any atom is -0.314 e. The van der Waals surface area contributed by atoms with Gasteiger partial charge in [0.1, 0.15) is 6.04 Å². The van der Waals surface area contributed by atoms with Crippen molar-refractivity contribution in [2.75, 3.05) is 19.3 Å². The standard InChI is InChI=1S/C7H12N2O2S/c1-3-9-6(10)5(4-12)8(2)7(9)11/h5,12H,3-4H2,1-2H3. The van der Waals surface area contributed by atoms with E-state index < -0.39 is 0 Å². The zero-order valence-electron chi connectivity index (χ0n) is 7.15. The second kappa shape index (κ2) is 3.35. The molecule has 0 spiro atoms. The molecular weight excluding hydrogens is 176 g/mol. The lowest BCUT2D eigenvalue weighted by Gasteiger charge is -2.12. The quantitative estimate of drug-likeness (QED) is 0.497. The van der Waals surface area contributed by atoms with Crippen LogP contribution in [0.25, 0.3) is 0 Å². The van der Waals surface area contributed by atoms with E-state index >= 15 is 0 Å². The highest BCUT2D eigenvalue weighted by molar-refractivity contribution is 7.80. The third kappa shape index (κ3) is 1.18. The summed E-state index contributed by atoms with van der Waals surface area (Å²) in [4.78, 5) is 25.4. The van der Waals surface area contributed by atoms with E-state index in [2.05, 4.69) is 12.6 Å². The van der Waals surface area contributed by atoms with Crippen molar-refractivity contribution in [2.45, 2.75) is 13.0 Å². The molecule has 4 nitrogen and oxygen atoms in total. The normalized spacial score (nSPS) is 24.1. The Balaban J connectivity index is 2.85. The highest BCUT2D eigenvalue weighted by atomic mass is 32.1. The Morgan fingerprint density at radius 3 is 2.33 bits per heavy atom. The summed E-state index contributed by atoms with van der Waals surface area (Å²) >= 11 is 4.01. The van der Waals surface area contributed by atoms with Crippen molar-refractivity contribution >= 4 is 24.6 Å². The minimum absolute atomic E-state index is 0.139. The maximum atomic E-state index is 11.4. The molecule has 0 radical (unpaired) electrons. The first-order valence-corrected chi connectivity index (χ1v) is 4.45. The van der Waals surface area contributed by atoms with E-state index in [-0.39, 0.29) is 18.0 Å². The highest BCUT2D eigenvalue weighted by Gasteiger charge is 2.40. The van der Waals surface area contributed by atoms with E-state index in [1.807, 2.05) is 0 Å². The van der Waals surface area contributed by atoms with Gasteiger partial charge in [0, 0.05) is 19.3 Å². The average molecular weight is 188 g/mol. The van der Waals surface area contributed by atoms with Crippen LogP contribution in [0.2, 0.25) is 0 Å². The molecule has 1 heterocycles. The number of amides is 3. The number of hydrogen-bond donors (Lipinski definition) is 1. The molecule has 1 aliphatic heterocycles. The van der Waals surface area contributed by atoms with Crippen molar-refractivity contribution < 1.29 is 9.59 Å². The molecule has 1 fully saturated rings. The van der Waals surface area contributed by atoms with Crippen LogP contribution in [0, 0.1) is 0 Å². The Hall–Kier alpha value is -0.710. The molecule has 5 heteroatoms. The first-order valence-electron chi connectivity index (χ1n) is 3.82. The third-order valence-electron chi connectivity index (χ3n) is 2.04. The first kappa shape index (κ1) is 9.38. The predicted octanol–water partition coefficient (Wildman–Crippen LogP) is 0.199. The maximum absolute atomic E-state index is 11.4. The molecule has 0 saturated carbocycles. The number of likely N-dealkylation sites (N-methyl/N-ethyl adjacent to an activating group) is 2. The topological polar surface area (TPSA) is 40.6 Å². The molecule has 68 valence electrons. The lowest BCUT2D eigenvalue weighted by molar-refractivity contribution is -0.127. The Morgan fingerprint density at radius 2 is 2.08 bits per heavy atom. The molecule has 0 aromatic rings. The van der Waals surface area contributed by atoms with Crippen LogP contribution in [0.1, 0.15) is 6.92 Å². The van der Waals surface area contributed by atoms with Crippen LogP contribution in [0.3, 0.4) is 0 Å². The van der Waals surface area contributed by atoms with Gasteiger partial charge < -0.3 is 4.90 Å². The molecule has 0 aromatic carbocycles. The molecule has 3 amide bonds. The fraction of sp³-hybridized carbons (Fsp3) is 0.714. The molecule has 1 rings (SSSR count). The van der Waals surface area contributed by atoms with Crippen LogP contribution in [0.15, 0.2) is 0 Å². The fourth-order valence-electron chi connectivity index (χ4n) is 1.26. The summed E-state index contributed by atoms with van der Waals surface area (Å²) in [5.74, 6) is 0.248. The van der Waals surface area contributed by atoms with E-state index in [1.54, 1.807) is 14.0 Å². The highest BCUT2D eigenvalue weighted by Crippen LogP contribution is 2.15. The van der Waals surface area contributed by atoms with Gasteiger partial charge in [-0.25, -0.2) is 4.79 Å². The predicted molar refractivity (Wildman–Crippen MR) is 48.2 cm³/mol. The van der Waals surface area contributed by atoms with Crippen molar-refractivity contribution in [1.82, 2.24) is 9.80 Å². The Kier molecular flexibility index (Phi) is 2.62. The number of carbonyl (C=O) groups excluding carboxylic acids is 2. The second-order valence-corrected chi connectivity index (χ2v) is 3.04. The summed E-state index contributed by atoms with van der Waals surface area (Å²) in [7, 11) is 1.62. The van der Waals surface area contributed by atoms with Gasteiger partial charge in [0.2, 0.25) is 0 Å². The van der Waals surface area contributed by atoms with Gasteiger partial charge in [0.25, 0.3) is 5.91 Å². The smallest absolute Gasteiger partial charge is 0.314 e. The monoisotopic (exact) mass is 188 g/mol. The molecular formula is C7H12N2O2S. The van der Waals surface area contributed by atoms with Crippen molar-refractivity contribution in [3.8, 4) is 0 Å². The number of rotatable bonds is 2. The number of imide groups is 1. The molecule has 0 bridgehead atoms. The number of nitrogens with zero attached hydrogens (tertiary/aromatic N) is 2. The maximum Gasteiger partial charge on any atom is 0.327 e. The van der Waals surface area contributed by atoms with E-state index in [0.29, 0.717) is 12.3 Å². The number of thiol groups is 1. The third-order valence-corrected chi connectivity index (χ3v) is 2.39. The van der Waals surface area contributed by atoms with E-state index in [1.165, 1.54) is 9.80 Å². The number of carbonyl (C=O) groups is 2. The Bertz CT molecular complexity index is 219. The molecule has 1 atom stereocenters.